The van der Waals surface area contributed by atoms with Crippen LogP contribution < -0.4 is 5.32 Å². The molecule has 0 aliphatic rings. The Balaban J connectivity index is 1.29. The van der Waals surface area contributed by atoms with Crippen LogP contribution in [0.5, 0.6) is 0 Å². The van der Waals surface area contributed by atoms with Gasteiger partial charge in [-0.25, -0.2) is 4.98 Å². The van der Waals surface area contributed by atoms with E-state index in [2.05, 4.69) is 20.6 Å². The smallest absolute Gasteiger partial charge is 0.231 e. The molecule has 0 fully saturated rings. The molecule has 2 aromatic carbocycles. The molecule has 0 saturated heterocycles. The van der Waals surface area contributed by atoms with Gasteiger partial charge in [-0.15, -0.1) is 0 Å². The Morgan fingerprint density at radius 1 is 1.12 bits per heavy atom. The van der Waals surface area contributed by atoms with E-state index < -0.39 is 6.98 Å². The molecule has 0 aliphatic carbocycles. The lowest BCUT2D eigenvalue weighted by molar-refractivity contribution is -0.115. The summed E-state index contributed by atoms with van der Waals surface area (Å²) in [5.41, 5.74) is 5.57. The molecule has 0 bridgehead atoms. The van der Waals surface area contributed by atoms with Crippen LogP contribution in [0.25, 0.3) is 27.8 Å². The molecule has 0 spiro atoms. The van der Waals surface area contributed by atoms with Crippen molar-refractivity contribution in [3.05, 3.63) is 78.5 Å². The highest BCUT2D eigenvalue weighted by Crippen LogP contribution is 2.26. The quantitative estimate of drug-likeness (QED) is 0.406. The van der Waals surface area contributed by atoms with Gasteiger partial charge in [-0.2, -0.15) is 5.10 Å². The van der Waals surface area contributed by atoms with Crippen molar-refractivity contribution in [2.24, 2.45) is 6.98 Å². The molecule has 1 N–H and O–H groups in total. The molecule has 3 aromatic heterocycles. The summed E-state index contributed by atoms with van der Waals surface area (Å²) in [7, 11) is 0. The standard InChI is InChI=1S/C26H26N6O2/c1-26(2,3)23-13-25(34-30-23)29-24(33)11-17-5-8-20(9-6-17)32-16-27-21-12-18(7-10-22(21)32)19-14-28-31(4)15-19/h5-10,12-16H,11H2,1-4H3,(H,29,33)/i4D3. The minimum atomic E-state index is -2.32. The van der Waals surface area contributed by atoms with Crippen LogP contribution in [0.15, 0.2) is 71.8 Å². The Kier molecular flexibility index (Phi) is 4.45. The zero-order chi connectivity index (χ0) is 26.4. The molecule has 8 heteroatoms. The number of nitrogens with zero attached hydrogens (tertiary/aromatic N) is 5. The molecule has 3 heterocycles. The van der Waals surface area contributed by atoms with Gasteiger partial charge >= 0.3 is 0 Å². The molecule has 34 heavy (non-hydrogen) atoms. The zero-order valence-electron chi connectivity index (χ0n) is 22.1. The predicted octanol–water partition coefficient (Wildman–Crippen LogP) is 4.89. The number of anilines is 1. The summed E-state index contributed by atoms with van der Waals surface area (Å²) in [4.78, 5) is 17.0. The molecule has 1 amide bonds. The first-order chi connectivity index (χ1) is 17.5. The van der Waals surface area contributed by atoms with Gasteiger partial charge in [0, 0.05) is 40.0 Å². The van der Waals surface area contributed by atoms with E-state index in [9.17, 15) is 4.79 Å². The summed E-state index contributed by atoms with van der Waals surface area (Å²) >= 11 is 0. The van der Waals surface area contributed by atoms with Crippen LogP contribution in [-0.2, 0) is 23.6 Å². The number of aromatic nitrogens is 5. The Morgan fingerprint density at radius 3 is 2.65 bits per heavy atom. The minimum absolute atomic E-state index is 0.162. The van der Waals surface area contributed by atoms with E-state index in [4.69, 9.17) is 8.64 Å². The normalized spacial score (nSPS) is 13.4. The van der Waals surface area contributed by atoms with Gasteiger partial charge in [0.15, 0.2) is 0 Å². The highest BCUT2D eigenvalue weighted by atomic mass is 16.5. The Hall–Kier alpha value is -4.20. The second kappa shape index (κ2) is 8.30. The minimum Gasteiger partial charge on any atom is -0.338 e. The van der Waals surface area contributed by atoms with E-state index in [-0.39, 0.29) is 17.7 Å². The lowest BCUT2D eigenvalue weighted by Gasteiger charge is -2.12. The summed E-state index contributed by atoms with van der Waals surface area (Å²) in [5, 5.41) is 10.7. The maximum atomic E-state index is 12.5. The Bertz CT molecular complexity index is 1570. The number of carbonyl (C=O) groups is 1. The fraction of sp³-hybridized carbons (Fsp3) is 0.231. The van der Waals surface area contributed by atoms with Gasteiger partial charge in [-0.1, -0.05) is 44.1 Å². The largest absolute Gasteiger partial charge is 0.338 e. The molecule has 0 radical (unpaired) electrons. The molecular formula is C26H26N6O2. The number of hydrogen-bond acceptors (Lipinski definition) is 5. The van der Waals surface area contributed by atoms with E-state index in [0.29, 0.717) is 11.4 Å². The van der Waals surface area contributed by atoms with Crippen LogP contribution in [0.1, 0.15) is 36.1 Å². The van der Waals surface area contributed by atoms with Gasteiger partial charge in [0.1, 0.15) is 6.33 Å². The average Bonchev–Trinajstić information content (AvgIpc) is 3.58. The number of aryl methyl sites for hydroxylation is 1. The molecule has 172 valence electrons. The average molecular weight is 458 g/mol. The van der Waals surface area contributed by atoms with E-state index in [1.807, 2.05) is 67.8 Å². The van der Waals surface area contributed by atoms with Gasteiger partial charge in [-0.05, 0) is 35.4 Å². The fourth-order valence-corrected chi connectivity index (χ4v) is 3.70. The molecule has 0 unspecified atom stereocenters. The fourth-order valence-electron chi connectivity index (χ4n) is 3.70. The Labute approximate surface area is 201 Å². The summed E-state index contributed by atoms with van der Waals surface area (Å²) in [6, 6.07) is 15.2. The molecular weight excluding hydrogens is 428 g/mol. The van der Waals surface area contributed by atoms with Gasteiger partial charge in [-0.3, -0.25) is 19.4 Å². The molecule has 0 atom stereocenters. The SMILES string of the molecule is [2H]C([2H])([2H])n1cc(-c2ccc3c(c2)ncn3-c2ccc(CC(=O)Nc3cc(C(C)(C)C)no3)cc2)cn1. The lowest BCUT2D eigenvalue weighted by Crippen LogP contribution is -2.14. The van der Waals surface area contributed by atoms with Crippen molar-refractivity contribution in [1.82, 2.24) is 24.5 Å². The van der Waals surface area contributed by atoms with Crippen molar-refractivity contribution in [3.63, 3.8) is 0 Å². The van der Waals surface area contributed by atoms with Crippen molar-refractivity contribution in [2.75, 3.05) is 5.32 Å². The summed E-state index contributed by atoms with van der Waals surface area (Å²) in [5.74, 6) is 0.147. The maximum Gasteiger partial charge on any atom is 0.231 e. The number of hydrogen-bond donors (Lipinski definition) is 1. The monoisotopic (exact) mass is 457 g/mol. The molecule has 8 nitrogen and oxygen atoms in total. The second-order valence-corrected chi connectivity index (χ2v) is 9.21. The maximum absolute atomic E-state index is 12.5. The van der Waals surface area contributed by atoms with Crippen molar-refractivity contribution in [2.45, 2.75) is 32.6 Å². The van der Waals surface area contributed by atoms with Crippen LogP contribution in [-0.4, -0.2) is 30.4 Å². The van der Waals surface area contributed by atoms with Crippen molar-refractivity contribution >= 4 is 22.8 Å². The van der Waals surface area contributed by atoms with Crippen LogP contribution >= 0.6 is 0 Å². The van der Waals surface area contributed by atoms with E-state index in [0.717, 1.165) is 38.2 Å². The summed E-state index contributed by atoms with van der Waals surface area (Å²) in [6.45, 7) is 3.76. The van der Waals surface area contributed by atoms with Gasteiger partial charge in [0.05, 0.1) is 29.3 Å². The van der Waals surface area contributed by atoms with Crippen molar-refractivity contribution in [1.29, 1.82) is 0 Å². The molecule has 0 saturated carbocycles. The zero-order valence-corrected chi connectivity index (χ0v) is 19.1. The van der Waals surface area contributed by atoms with Gasteiger partial charge in [0.25, 0.3) is 0 Å². The second-order valence-electron chi connectivity index (χ2n) is 9.21. The molecule has 0 aliphatic heterocycles. The van der Waals surface area contributed by atoms with Crippen LogP contribution in [0, 0.1) is 0 Å². The number of rotatable bonds is 5. The third kappa shape index (κ3) is 4.34. The first-order valence-corrected chi connectivity index (χ1v) is 10.9. The summed E-state index contributed by atoms with van der Waals surface area (Å²) in [6.07, 6.45) is 4.97. The first-order valence-electron chi connectivity index (χ1n) is 12.4. The number of fused-ring (bicyclic) bond motifs is 1. The van der Waals surface area contributed by atoms with Crippen LogP contribution in [0.3, 0.4) is 0 Å². The highest BCUT2D eigenvalue weighted by Gasteiger charge is 2.19. The highest BCUT2D eigenvalue weighted by molar-refractivity contribution is 5.91. The third-order valence-corrected chi connectivity index (χ3v) is 5.58. The lowest BCUT2D eigenvalue weighted by atomic mass is 9.92. The number of imidazole rings is 1. The van der Waals surface area contributed by atoms with Crippen LogP contribution in [0.4, 0.5) is 5.88 Å². The Morgan fingerprint density at radius 2 is 1.94 bits per heavy atom. The summed E-state index contributed by atoms with van der Waals surface area (Å²) < 4.78 is 30.6. The van der Waals surface area contributed by atoms with Crippen LogP contribution in [0.2, 0.25) is 0 Å². The van der Waals surface area contributed by atoms with E-state index in [1.54, 1.807) is 12.4 Å². The molecule has 5 rings (SSSR count). The number of amides is 1. The van der Waals surface area contributed by atoms with Gasteiger partial charge < -0.3 is 4.52 Å². The van der Waals surface area contributed by atoms with E-state index in [1.165, 1.54) is 12.4 Å². The van der Waals surface area contributed by atoms with Gasteiger partial charge in [0.2, 0.25) is 11.8 Å². The third-order valence-electron chi connectivity index (χ3n) is 5.58. The topological polar surface area (TPSA) is 90.8 Å². The van der Waals surface area contributed by atoms with Crippen molar-refractivity contribution in [3.8, 4) is 16.8 Å². The molecule has 5 aromatic rings. The number of nitrogens with one attached hydrogen (secondary N) is 1. The number of carbonyl (C=O) groups excluding carboxylic acids is 1. The number of benzene rings is 2. The first kappa shape index (κ1) is 18.3. The van der Waals surface area contributed by atoms with E-state index >= 15 is 0 Å². The van der Waals surface area contributed by atoms with Crippen molar-refractivity contribution < 1.29 is 13.4 Å². The predicted molar refractivity (Wildman–Crippen MR) is 131 cm³/mol.